The van der Waals surface area contributed by atoms with E-state index >= 15 is 0 Å². The predicted molar refractivity (Wildman–Crippen MR) is 80.8 cm³/mol. The van der Waals surface area contributed by atoms with Crippen molar-refractivity contribution in [1.29, 1.82) is 0 Å². The summed E-state index contributed by atoms with van der Waals surface area (Å²) in [6, 6.07) is -6.12. The second-order valence-electron chi connectivity index (χ2n) is 6.24. The summed E-state index contributed by atoms with van der Waals surface area (Å²) in [4.78, 5) is 23.7. The Kier molecular flexibility index (Phi) is 6.24. The lowest BCUT2D eigenvalue weighted by Gasteiger charge is -2.56. The van der Waals surface area contributed by atoms with Gasteiger partial charge in [-0.1, -0.05) is 13.8 Å². The summed E-state index contributed by atoms with van der Waals surface area (Å²) in [5, 5.41) is 18.4. The molecule has 0 aliphatic carbocycles. The van der Waals surface area contributed by atoms with E-state index in [4.69, 9.17) is 0 Å². The second-order valence-corrected chi connectivity index (χ2v) is 7.62. The molecule has 1 rings (SSSR count). The number of alkyl halides is 6. The molecule has 0 aromatic carbocycles. The maximum absolute atomic E-state index is 13.6. The van der Waals surface area contributed by atoms with Gasteiger partial charge in [0.05, 0.1) is 0 Å². The number of hydrogen-bond acceptors (Lipinski definition) is 4. The van der Waals surface area contributed by atoms with Crippen molar-refractivity contribution in [2.24, 2.45) is 10.8 Å². The summed E-state index contributed by atoms with van der Waals surface area (Å²) >= 11 is 0.485. The second kappa shape index (κ2) is 7.10. The smallest absolute Gasteiger partial charge is 0.405 e. The monoisotopic (exact) mass is 411 g/mol. The van der Waals surface area contributed by atoms with E-state index in [1.54, 1.807) is 0 Å². The van der Waals surface area contributed by atoms with Gasteiger partial charge in [0.15, 0.2) is 0 Å². The van der Waals surface area contributed by atoms with E-state index in [-0.39, 0.29) is 5.75 Å². The standard InChI is InChI=1S/C14H19F6NO4S/c1-4-12(10(24)25)7(14(18,19)20)21-6(13(15,16)17)11(3,9(22)23)8(12)26-5-2/h6-8,21H,4-5H2,1-3H3,(H,22,23)(H,24,25). The largest absolute Gasteiger partial charge is 0.481 e. The summed E-state index contributed by atoms with van der Waals surface area (Å²) in [5.41, 5.74) is -5.61. The lowest BCUT2D eigenvalue weighted by molar-refractivity contribution is -0.249. The first kappa shape index (κ1) is 22.9. The van der Waals surface area contributed by atoms with Crippen LogP contribution in [0, 0.1) is 10.8 Å². The normalized spacial score (nSPS) is 36.0. The van der Waals surface area contributed by atoms with E-state index in [9.17, 15) is 46.1 Å². The van der Waals surface area contributed by atoms with Gasteiger partial charge in [-0.15, -0.1) is 0 Å². The SMILES string of the molecule is CCSC1C(C)(C(=O)O)C(C(F)(F)F)NC(C(F)(F)F)C1(CC)C(=O)O. The zero-order chi connectivity index (χ0) is 20.7. The fourth-order valence-electron chi connectivity index (χ4n) is 3.65. The molecule has 12 heteroatoms. The Bertz CT molecular complexity index is 569. The quantitative estimate of drug-likeness (QED) is 0.603. The van der Waals surface area contributed by atoms with Crippen LogP contribution in [0.5, 0.6) is 0 Å². The molecule has 1 aliphatic rings. The molecule has 1 fully saturated rings. The van der Waals surface area contributed by atoms with Crippen molar-refractivity contribution in [3.8, 4) is 0 Å². The first-order chi connectivity index (χ1) is 11.6. The van der Waals surface area contributed by atoms with Gasteiger partial charge in [-0.3, -0.25) is 14.9 Å². The molecule has 0 spiro atoms. The van der Waals surface area contributed by atoms with Gasteiger partial charge >= 0.3 is 24.3 Å². The van der Waals surface area contributed by atoms with E-state index in [1.165, 1.54) is 12.2 Å². The third kappa shape index (κ3) is 3.37. The molecule has 152 valence electrons. The van der Waals surface area contributed by atoms with Gasteiger partial charge in [-0.05, 0) is 19.1 Å². The van der Waals surface area contributed by atoms with E-state index in [0.29, 0.717) is 18.7 Å². The van der Waals surface area contributed by atoms with Gasteiger partial charge in [0.25, 0.3) is 0 Å². The van der Waals surface area contributed by atoms with Gasteiger partial charge in [-0.25, -0.2) is 0 Å². The third-order valence-electron chi connectivity index (χ3n) is 4.89. The highest BCUT2D eigenvalue weighted by molar-refractivity contribution is 8.00. The molecule has 1 saturated heterocycles. The van der Waals surface area contributed by atoms with Gasteiger partial charge in [0.1, 0.15) is 22.9 Å². The van der Waals surface area contributed by atoms with Crippen LogP contribution in [0.1, 0.15) is 27.2 Å². The number of piperidine rings is 1. The van der Waals surface area contributed by atoms with Gasteiger partial charge in [0.2, 0.25) is 0 Å². The van der Waals surface area contributed by atoms with Crippen LogP contribution in [0.4, 0.5) is 26.3 Å². The Hall–Kier alpha value is -1.17. The van der Waals surface area contributed by atoms with E-state index in [0.717, 1.165) is 6.92 Å². The Morgan fingerprint density at radius 3 is 1.73 bits per heavy atom. The molecule has 1 heterocycles. The van der Waals surface area contributed by atoms with E-state index in [1.807, 2.05) is 0 Å². The summed E-state index contributed by atoms with van der Waals surface area (Å²) in [7, 11) is 0. The van der Waals surface area contributed by atoms with Gasteiger partial charge in [0, 0.05) is 5.25 Å². The van der Waals surface area contributed by atoms with Crippen molar-refractivity contribution in [2.75, 3.05) is 5.75 Å². The van der Waals surface area contributed by atoms with Crippen molar-refractivity contribution in [1.82, 2.24) is 5.32 Å². The number of carboxylic acid groups (broad SMARTS) is 2. The number of hydrogen-bond donors (Lipinski definition) is 3. The van der Waals surface area contributed by atoms with Crippen LogP contribution < -0.4 is 5.32 Å². The van der Waals surface area contributed by atoms with Crippen LogP contribution in [0.2, 0.25) is 0 Å². The lowest BCUT2D eigenvalue weighted by Crippen LogP contribution is -2.78. The highest BCUT2D eigenvalue weighted by atomic mass is 32.2. The molecule has 0 aromatic heterocycles. The summed E-state index contributed by atoms with van der Waals surface area (Å²) in [6.07, 6.45) is -11.4. The average Bonchev–Trinajstić information content (AvgIpc) is 2.46. The maximum Gasteiger partial charge on any atom is 0.405 e. The molecule has 0 radical (unpaired) electrons. The zero-order valence-corrected chi connectivity index (χ0v) is 14.8. The summed E-state index contributed by atoms with van der Waals surface area (Å²) in [6.45, 7) is 3.14. The number of nitrogens with one attached hydrogen (secondary N) is 1. The van der Waals surface area contributed by atoms with Crippen LogP contribution in [-0.2, 0) is 9.59 Å². The minimum absolute atomic E-state index is 0.0578. The number of carbonyl (C=O) groups is 2. The molecule has 5 atom stereocenters. The lowest BCUT2D eigenvalue weighted by atomic mass is 9.59. The fraction of sp³-hybridized carbons (Fsp3) is 0.857. The molecule has 0 saturated carbocycles. The molecule has 5 nitrogen and oxygen atoms in total. The Morgan fingerprint density at radius 1 is 1.00 bits per heavy atom. The van der Waals surface area contributed by atoms with E-state index in [2.05, 4.69) is 0 Å². The molecule has 0 amide bonds. The van der Waals surface area contributed by atoms with Crippen LogP contribution in [-0.4, -0.2) is 57.6 Å². The van der Waals surface area contributed by atoms with Gasteiger partial charge in [-0.2, -0.15) is 38.1 Å². The molecule has 1 aliphatic heterocycles. The molecule has 0 bridgehead atoms. The highest BCUT2D eigenvalue weighted by Gasteiger charge is 2.75. The Labute approximate surface area is 149 Å². The van der Waals surface area contributed by atoms with Crippen molar-refractivity contribution in [3.63, 3.8) is 0 Å². The minimum Gasteiger partial charge on any atom is -0.481 e. The maximum atomic E-state index is 13.6. The predicted octanol–water partition coefficient (Wildman–Crippen LogP) is 3.15. The number of aliphatic carboxylic acids is 2. The first-order valence-corrected chi connectivity index (χ1v) is 8.64. The van der Waals surface area contributed by atoms with Crippen LogP contribution in [0.25, 0.3) is 0 Å². The zero-order valence-electron chi connectivity index (χ0n) is 14.0. The van der Waals surface area contributed by atoms with Crippen molar-refractivity contribution in [2.45, 2.75) is 56.9 Å². The van der Waals surface area contributed by atoms with Crippen LogP contribution in [0.3, 0.4) is 0 Å². The number of thioether (sulfide) groups is 1. The van der Waals surface area contributed by atoms with Crippen LogP contribution >= 0.6 is 11.8 Å². The molecular formula is C14H19F6NO4S. The molecule has 3 N–H and O–H groups in total. The van der Waals surface area contributed by atoms with Crippen LogP contribution in [0.15, 0.2) is 0 Å². The topological polar surface area (TPSA) is 86.6 Å². The van der Waals surface area contributed by atoms with E-state index < -0.39 is 58.9 Å². The number of rotatable bonds is 5. The number of carboxylic acids is 2. The third-order valence-corrected chi connectivity index (χ3v) is 6.47. The van der Waals surface area contributed by atoms with Crippen molar-refractivity contribution >= 4 is 23.7 Å². The van der Waals surface area contributed by atoms with Crippen molar-refractivity contribution < 1.29 is 46.1 Å². The fourth-order valence-corrected chi connectivity index (χ4v) is 5.27. The van der Waals surface area contributed by atoms with Crippen molar-refractivity contribution in [3.05, 3.63) is 0 Å². The molecule has 0 aromatic rings. The summed E-state index contributed by atoms with van der Waals surface area (Å²) in [5.74, 6) is -4.07. The summed E-state index contributed by atoms with van der Waals surface area (Å²) < 4.78 is 81.1. The number of halogens is 6. The molecule has 26 heavy (non-hydrogen) atoms. The molecular weight excluding hydrogens is 392 g/mol. The Morgan fingerprint density at radius 2 is 1.46 bits per heavy atom. The first-order valence-electron chi connectivity index (χ1n) is 7.59. The highest BCUT2D eigenvalue weighted by Crippen LogP contribution is 2.57. The average molecular weight is 411 g/mol. The minimum atomic E-state index is -5.33. The van der Waals surface area contributed by atoms with Gasteiger partial charge < -0.3 is 10.2 Å². The molecule has 5 unspecified atom stereocenters. The Balaban J connectivity index is 3.87.